The van der Waals surface area contributed by atoms with Gasteiger partial charge in [-0.25, -0.2) is 0 Å². The van der Waals surface area contributed by atoms with Crippen LogP contribution in [0, 0.1) is 13.8 Å². The smallest absolute Gasteiger partial charge is 0.224 e. The lowest BCUT2D eigenvalue weighted by atomic mass is 10.00. The van der Waals surface area contributed by atoms with Crippen LogP contribution in [0.15, 0.2) is 18.2 Å². The number of carbonyl (C=O) groups is 1. The molecular weight excluding hydrogens is 246 g/mol. The van der Waals surface area contributed by atoms with Crippen LogP contribution in [-0.2, 0) is 11.2 Å². The second kappa shape index (κ2) is 5.75. The van der Waals surface area contributed by atoms with Crippen molar-refractivity contribution in [3.05, 3.63) is 34.9 Å². The Morgan fingerprint density at radius 3 is 2.44 bits per heavy atom. The van der Waals surface area contributed by atoms with Crippen LogP contribution < -0.4 is 5.32 Å². The van der Waals surface area contributed by atoms with Crippen LogP contribution in [-0.4, -0.2) is 16.8 Å². The molecule has 0 spiro atoms. The van der Waals surface area contributed by atoms with E-state index in [9.17, 15) is 4.79 Å². The Kier molecular flexibility index (Phi) is 4.80. The first-order valence-electron chi connectivity index (χ1n) is 6.23. The molecule has 0 bridgehead atoms. The fraction of sp³-hybridized carbons (Fsp3) is 0.533. The highest BCUT2D eigenvalue weighted by Gasteiger charge is 2.25. The Balaban J connectivity index is 2.68. The van der Waals surface area contributed by atoms with Crippen LogP contribution in [0.2, 0.25) is 0 Å². The Bertz CT molecular complexity index is 438. The lowest BCUT2D eigenvalue weighted by molar-refractivity contribution is -0.122. The maximum absolute atomic E-state index is 12.0. The lowest BCUT2D eigenvalue weighted by Gasteiger charge is -2.29. The molecule has 0 fully saturated rings. The number of nitrogens with one attached hydrogen (secondary N) is 1. The van der Waals surface area contributed by atoms with Gasteiger partial charge in [0.2, 0.25) is 5.91 Å². The van der Waals surface area contributed by atoms with Crippen molar-refractivity contribution in [3.63, 3.8) is 0 Å². The number of hydrogen-bond donors (Lipinski definition) is 1. The van der Waals surface area contributed by atoms with E-state index in [1.54, 1.807) is 0 Å². The second-order valence-corrected chi connectivity index (χ2v) is 6.14. The largest absolute Gasteiger partial charge is 0.349 e. The molecule has 1 N–H and O–H groups in total. The molecule has 18 heavy (non-hydrogen) atoms. The quantitative estimate of drug-likeness (QED) is 0.833. The van der Waals surface area contributed by atoms with Crippen LogP contribution >= 0.6 is 11.6 Å². The fourth-order valence-corrected chi connectivity index (χ4v) is 1.66. The van der Waals surface area contributed by atoms with Crippen LogP contribution in [0.1, 0.15) is 37.5 Å². The zero-order chi connectivity index (χ0) is 13.9. The van der Waals surface area contributed by atoms with Gasteiger partial charge in [-0.15, -0.1) is 11.6 Å². The number of aryl methyl sites for hydroxylation is 2. The molecule has 0 aliphatic heterocycles. The van der Waals surface area contributed by atoms with Gasteiger partial charge in [0.1, 0.15) is 0 Å². The van der Waals surface area contributed by atoms with E-state index in [0.717, 1.165) is 5.56 Å². The SMILES string of the molecule is Cc1ccc(CC(=O)NC(C)(C)C(C)Cl)cc1C. The average Bonchev–Trinajstić information content (AvgIpc) is 2.22. The van der Waals surface area contributed by atoms with Crippen molar-refractivity contribution in [3.8, 4) is 0 Å². The highest BCUT2D eigenvalue weighted by molar-refractivity contribution is 6.21. The van der Waals surface area contributed by atoms with Gasteiger partial charge in [-0.1, -0.05) is 18.2 Å². The van der Waals surface area contributed by atoms with E-state index in [-0.39, 0.29) is 11.3 Å². The number of halogens is 1. The summed E-state index contributed by atoms with van der Waals surface area (Å²) in [5.41, 5.74) is 3.10. The molecule has 1 aromatic carbocycles. The Morgan fingerprint density at radius 2 is 1.94 bits per heavy atom. The van der Waals surface area contributed by atoms with Crippen LogP contribution in [0.25, 0.3) is 0 Å². The highest BCUT2D eigenvalue weighted by Crippen LogP contribution is 2.15. The van der Waals surface area contributed by atoms with Crippen molar-refractivity contribution in [2.45, 2.75) is 52.0 Å². The standard InChI is InChI=1S/C15H22ClNO/c1-10-6-7-13(8-11(10)2)9-14(18)17-15(4,5)12(3)16/h6-8,12H,9H2,1-5H3,(H,17,18). The van der Waals surface area contributed by atoms with E-state index in [4.69, 9.17) is 11.6 Å². The molecule has 1 rings (SSSR count). The molecule has 0 saturated heterocycles. The average molecular weight is 268 g/mol. The molecule has 0 aliphatic carbocycles. The number of benzene rings is 1. The van der Waals surface area contributed by atoms with Crippen LogP contribution in [0.4, 0.5) is 0 Å². The van der Waals surface area contributed by atoms with Crippen molar-refractivity contribution in [2.75, 3.05) is 0 Å². The molecular formula is C15H22ClNO. The predicted molar refractivity (Wildman–Crippen MR) is 77.2 cm³/mol. The summed E-state index contributed by atoms with van der Waals surface area (Å²) < 4.78 is 0. The maximum Gasteiger partial charge on any atom is 0.224 e. The number of hydrogen-bond acceptors (Lipinski definition) is 1. The van der Waals surface area contributed by atoms with Gasteiger partial charge in [0, 0.05) is 0 Å². The molecule has 1 atom stereocenters. The summed E-state index contributed by atoms with van der Waals surface area (Å²) in [5, 5.41) is 2.86. The van der Waals surface area contributed by atoms with E-state index in [0.29, 0.717) is 6.42 Å². The molecule has 2 nitrogen and oxygen atoms in total. The first-order valence-corrected chi connectivity index (χ1v) is 6.67. The first kappa shape index (κ1) is 15.0. The van der Waals surface area contributed by atoms with Crippen molar-refractivity contribution in [2.24, 2.45) is 0 Å². The summed E-state index contributed by atoms with van der Waals surface area (Å²) in [6.07, 6.45) is 0.397. The lowest BCUT2D eigenvalue weighted by Crippen LogP contribution is -2.49. The molecule has 0 heterocycles. The fourth-order valence-electron chi connectivity index (χ4n) is 1.60. The zero-order valence-corrected chi connectivity index (χ0v) is 12.6. The predicted octanol–water partition coefficient (Wildman–Crippen LogP) is 3.37. The number of rotatable bonds is 4. The van der Waals surface area contributed by atoms with E-state index < -0.39 is 5.54 Å². The topological polar surface area (TPSA) is 29.1 Å². The minimum absolute atomic E-state index is 0.00996. The van der Waals surface area contributed by atoms with E-state index in [2.05, 4.69) is 25.2 Å². The van der Waals surface area contributed by atoms with Gasteiger partial charge in [-0.2, -0.15) is 0 Å². The normalized spacial score (nSPS) is 13.2. The van der Waals surface area contributed by atoms with Crippen molar-refractivity contribution >= 4 is 17.5 Å². The molecule has 0 aromatic heterocycles. The molecule has 1 aromatic rings. The summed E-state index contributed by atoms with van der Waals surface area (Å²) in [5.74, 6) is 0.00996. The van der Waals surface area contributed by atoms with Gasteiger partial charge in [0.15, 0.2) is 0 Å². The molecule has 0 aliphatic rings. The first-order chi connectivity index (χ1) is 8.22. The summed E-state index contributed by atoms with van der Waals surface area (Å²) in [7, 11) is 0. The summed E-state index contributed by atoms with van der Waals surface area (Å²) in [6, 6.07) is 6.11. The Morgan fingerprint density at radius 1 is 1.33 bits per heavy atom. The van der Waals surface area contributed by atoms with Gasteiger partial charge >= 0.3 is 0 Å². The molecule has 0 radical (unpaired) electrons. The van der Waals surface area contributed by atoms with Gasteiger partial charge < -0.3 is 5.32 Å². The van der Waals surface area contributed by atoms with Gasteiger partial charge in [-0.3, -0.25) is 4.79 Å². The number of carbonyl (C=O) groups excluding carboxylic acids is 1. The van der Waals surface area contributed by atoms with Gasteiger partial charge in [0.25, 0.3) is 0 Å². The van der Waals surface area contributed by atoms with Gasteiger partial charge in [0.05, 0.1) is 17.3 Å². The van der Waals surface area contributed by atoms with E-state index in [1.807, 2.05) is 32.9 Å². The second-order valence-electron chi connectivity index (χ2n) is 5.48. The van der Waals surface area contributed by atoms with Crippen molar-refractivity contribution in [1.29, 1.82) is 0 Å². The van der Waals surface area contributed by atoms with Crippen molar-refractivity contribution < 1.29 is 4.79 Å². The molecule has 100 valence electrons. The third-order valence-electron chi connectivity index (χ3n) is 3.39. The van der Waals surface area contributed by atoms with Gasteiger partial charge in [-0.05, 0) is 51.3 Å². The number of amides is 1. The summed E-state index contributed by atoms with van der Waals surface area (Å²) in [6.45, 7) is 9.88. The summed E-state index contributed by atoms with van der Waals surface area (Å²) >= 11 is 6.05. The van der Waals surface area contributed by atoms with E-state index in [1.165, 1.54) is 11.1 Å². The zero-order valence-electron chi connectivity index (χ0n) is 11.8. The maximum atomic E-state index is 12.0. The summed E-state index contributed by atoms with van der Waals surface area (Å²) in [4.78, 5) is 12.0. The molecule has 1 unspecified atom stereocenters. The van der Waals surface area contributed by atoms with Crippen LogP contribution in [0.5, 0.6) is 0 Å². The third kappa shape index (κ3) is 4.02. The minimum atomic E-state index is -0.390. The Hall–Kier alpha value is -1.02. The monoisotopic (exact) mass is 267 g/mol. The third-order valence-corrected chi connectivity index (χ3v) is 3.94. The molecule has 0 saturated carbocycles. The molecule has 1 amide bonds. The molecule has 3 heteroatoms. The Labute approximate surface area is 115 Å². The van der Waals surface area contributed by atoms with Crippen molar-refractivity contribution in [1.82, 2.24) is 5.32 Å². The minimum Gasteiger partial charge on any atom is -0.349 e. The van der Waals surface area contributed by atoms with Crippen LogP contribution in [0.3, 0.4) is 0 Å². The van der Waals surface area contributed by atoms with E-state index >= 15 is 0 Å². The number of alkyl halides is 1. The highest BCUT2D eigenvalue weighted by atomic mass is 35.5.